The van der Waals surface area contributed by atoms with Crippen molar-refractivity contribution in [1.29, 1.82) is 0 Å². The van der Waals surface area contributed by atoms with Crippen LogP contribution in [0.4, 0.5) is 0 Å². The van der Waals surface area contributed by atoms with Crippen molar-refractivity contribution in [3.8, 4) is 0 Å². The van der Waals surface area contributed by atoms with E-state index in [1.54, 1.807) is 6.07 Å². The maximum Gasteiger partial charge on any atom is 0.322 e. The van der Waals surface area contributed by atoms with E-state index in [1.165, 1.54) is 0 Å². The van der Waals surface area contributed by atoms with Crippen molar-refractivity contribution in [3.05, 3.63) is 28.4 Å². The van der Waals surface area contributed by atoms with E-state index >= 15 is 0 Å². The highest BCUT2D eigenvalue weighted by atomic mass is 127. The number of carbonyl (C=O) groups excluding carboxylic acids is 1. The van der Waals surface area contributed by atoms with Crippen LogP contribution in [0, 0.1) is 10.7 Å². The number of carboxylic acid groups (broad SMARTS) is 1. The zero-order valence-electron chi connectivity index (χ0n) is 7.76. The van der Waals surface area contributed by atoms with Gasteiger partial charge in [-0.25, -0.2) is 0 Å². The Morgan fingerprint density at radius 2 is 1.88 bits per heavy atom. The normalized spacial score (nSPS) is 9.94. The van der Waals surface area contributed by atoms with Crippen molar-refractivity contribution < 1.29 is 14.7 Å². The summed E-state index contributed by atoms with van der Waals surface area (Å²) in [7, 11) is 0. The molecule has 0 fully saturated rings. The van der Waals surface area contributed by atoms with E-state index in [0.717, 1.165) is 10.7 Å². The summed E-state index contributed by atoms with van der Waals surface area (Å²) in [6, 6.07) is 3.69. The minimum atomic E-state index is -1.05. The molecule has 7 heteroatoms. The van der Waals surface area contributed by atoms with Crippen LogP contribution in [0.25, 0.3) is 0 Å². The number of carbonyl (C=O) groups is 2. The van der Waals surface area contributed by atoms with Gasteiger partial charge in [0.1, 0.15) is 6.54 Å². The van der Waals surface area contributed by atoms with Crippen LogP contribution in [0.3, 0.4) is 0 Å². The Morgan fingerprint density at radius 1 is 1.25 bits per heavy atom. The Labute approximate surface area is 133 Å². The van der Waals surface area contributed by atoms with E-state index < -0.39 is 5.97 Å². The molecule has 86 valence electrons. The predicted molar refractivity (Wildman–Crippen MR) is 84.6 cm³/mol. The summed E-state index contributed by atoms with van der Waals surface area (Å²) in [4.78, 5) is 22.0. The van der Waals surface area contributed by atoms with Gasteiger partial charge >= 0.3 is 5.97 Å². The minimum Gasteiger partial charge on any atom is -0.480 e. The fourth-order valence-corrected chi connectivity index (χ4v) is 3.37. The van der Waals surface area contributed by atoms with E-state index in [0.29, 0.717) is 5.56 Å². The molecule has 0 aliphatic carbocycles. The van der Waals surface area contributed by atoms with E-state index in [1.807, 2.05) is 6.07 Å². The van der Waals surface area contributed by atoms with Gasteiger partial charge in [0.05, 0.1) is 5.56 Å². The fourth-order valence-electron chi connectivity index (χ4n) is 0.972. The van der Waals surface area contributed by atoms with Gasteiger partial charge in [-0.2, -0.15) is 0 Å². The lowest BCUT2D eigenvalue weighted by Gasteiger charge is -2.07. The van der Waals surface area contributed by atoms with E-state index in [4.69, 9.17) is 5.11 Å². The number of hydrogen-bond donors (Lipinski definition) is 2. The molecule has 1 amide bonds. The SMILES string of the molecule is O=C(O)CNC(=O)c1cc(I)cc(I)c1I. The second-order valence-corrected chi connectivity index (χ2v) is 6.31. The average molecular weight is 557 g/mol. The molecule has 0 spiro atoms. The van der Waals surface area contributed by atoms with Gasteiger partial charge in [0, 0.05) is 10.7 Å². The Hall–Kier alpha value is 0.350. The molecule has 0 heterocycles. The minimum absolute atomic E-state index is 0.358. The Kier molecular flexibility index (Phi) is 5.70. The predicted octanol–water partition coefficient (Wildman–Crippen LogP) is 2.31. The molecule has 1 aromatic carbocycles. The third-order valence-corrected chi connectivity index (χ3v) is 5.31. The molecule has 0 aliphatic rings. The highest BCUT2D eigenvalue weighted by Crippen LogP contribution is 2.22. The molecular formula is C9H6I3NO3. The van der Waals surface area contributed by atoms with Gasteiger partial charge in [0.15, 0.2) is 0 Å². The van der Waals surface area contributed by atoms with Crippen molar-refractivity contribution in [2.75, 3.05) is 6.54 Å². The molecule has 0 atom stereocenters. The molecule has 16 heavy (non-hydrogen) atoms. The molecule has 0 unspecified atom stereocenters. The first-order valence-electron chi connectivity index (χ1n) is 4.06. The van der Waals surface area contributed by atoms with E-state index in [9.17, 15) is 9.59 Å². The van der Waals surface area contributed by atoms with Crippen LogP contribution < -0.4 is 5.32 Å². The average Bonchev–Trinajstić information content (AvgIpc) is 2.19. The molecule has 0 radical (unpaired) electrons. The van der Waals surface area contributed by atoms with Gasteiger partial charge in [0.25, 0.3) is 5.91 Å². The van der Waals surface area contributed by atoms with Gasteiger partial charge in [0.2, 0.25) is 0 Å². The van der Waals surface area contributed by atoms with Crippen LogP contribution >= 0.6 is 67.8 Å². The van der Waals surface area contributed by atoms with Crippen molar-refractivity contribution >= 4 is 79.6 Å². The molecule has 4 nitrogen and oxygen atoms in total. The van der Waals surface area contributed by atoms with Gasteiger partial charge < -0.3 is 10.4 Å². The van der Waals surface area contributed by atoms with E-state index in [2.05, 4.69) is 73.1 Å². The quantitative estimate of drug-likeness (QED) is 0.444. The highest BCUT2D eigenvalue weighted by Gasteiger charge is 2.14. The summed E-state index contributed by atoms with van der Waals surface area (Å²) in [5.74, 6) is -1.41. The first-order valence-corrected chi connectivity index (χ1v) is 7.30. The lowest BCUT2D eigenvalue weighted by molar-refractivity contribution is -0.135. The summed E-state index contributed by atoms with van der Waals surface area (Å²) in [6.45, 7) is -0.364. The number of nitrogens with one attached hydrogen (secondary N) is 1. The van der Waals surface area contributed by atoms with Crippen LogP contribution in [0.5, 0.6) is 0 Å². The monoisotopic (exact) mass is 557 g/mol. The van der Waals surface area contributed by atoms with Crippen LogP contribution in [0.1, 0.15) is 10.4 Å². The van der Waals surface area contributed by atoms with Gasteiger partial charge in [-0.15, -0.1) is 0 Å². The first-order chi connectivity index (χ1) is 7.41. The van der Waals surface area contributed by atoms with Crippen molar-refractivity contribution in [1.82, 2.24) is 5.32 Å². The molecule has 1 rings (SSSR count). The van der Waals surface area contributed by atoms with Crippen LogP contribution in [-0.2, 0) is 4.79 Å². The lowest BCUT2D eigenvalue weighted by atomic mass is 10.2. The van der Waals surface area contributed by atoms with Crippen LogP contribution in [0.15, 0.2) is 12.1 Å². The summed E-state index contributed by atoms with van der Waals surface area (Å²) in [6.07, 6.45) is 0. The molecule has 0 bridgehead atoms. The number of hydrogen-bond acceptors (Lipinski definition) is 2. The number of benzene rings is 1. The highest BCUT2D eigenvalue weighted by molar-refractivity contribution is 14.1. The Balaban J connectivity index is 2.95. The van der Waals surface area contributed by atoms with Crippen LogP contribution in [-0.4, -0.2) is 23.5 Å². The Bertz CT molecular complexity index is 448. The van der Waals surface area contributed by atoms with Crippen molar-refractivity contribution in [2.45, 2.75) is 0 Å². The molecule has 0 aliphatic heterocycles. The number of halogens is 3. The maximum absolute atomic E-state index is 11.7. The van der Waals surface area contributed by atoms with Gasteiger partial charge in [-0.05, 0) is 79.9 Å². The maximum atomic E-state index is 11.7. The zero-order chi connectivity index (χ0) is 12.3. The third kappa shape index (κ3) is 3.98. The standard InChI is InChI=1S/C9H6I3NO3/c10-4-1-5(8(12)6(11)2-4)9(16)13-3-7(14)15/h1-2H,3H2,(H,13,16)(H,14,15). The second kappa shape index (κ2) is 6.33. The second-order valence-electron chi connectivity index (χ2n) is 2.83. The smallest absolute Gasteiger partial charge is 0.322 e. The van der Waals surface area contributed by atoms with Crippen molar-refractivity contribution in [2.24, 2.45) is 0 Å². The summed E-state index contributed by atoms with van der Waals surface area (Å²) >= 11 is 6.34. The number of rotatable bonds is 3. The first kappa shape index (κ1) is 14.4. The number of carboxylic acids is 1. The zero-order valence-corrected chi connectivity index (χ0v) is 14.2. The lowest BCUT2D eigenvalue weighted by Crippen LogP contribution is -2.30. The Morgan fingerprint density at radius 3 is 2.44 bits per heavy atom. The largest absolute Gasteiger partial charge is 0.480 e. The topological polar surface area (TPSA) is 66.4 Å². The summed E-state index contributed by atoms with van der Waals surface area (Å²) in [5, 5.41) is 10.8. The van der Waals surface area contributed by atoms with Crippen LogP contribution in [0.2, 0.25) is 0 Å². The molecule has 1 aromatic rings. The molecule has 0 saturated carbocycles. The molecule has 0 aromatic heterocycles. The van der Waals surface area contributed by atoms with Crippen molar-refractivity contribution in [3.63, 3.8) is 0 Å². The summed E-state index contributed by atoms with van der Waals surface area (Å²) in [5.41, 5.74) is 0.512. The van der Waals surface area contributed by atoms with Gasteiger partial charge in [-0.3, -0.25) is 9.59 Å². The molecular weight excluding hydrogens is 551 g/mol. The third-order valence-electron chi connectivity index (χ3n) is 1.64. The fraction of sp³-hybridized carbons (Fsp3) is 0.111. The van der Waals surface area contributed by atoms with E-state index in [-0.39, 0.29) is 12.5 Å². The summed E-state index contributed by atoms with van der Waals surface area (Å²) < 4.78 is 2.76. The van der Waals surface area contributed by atoms with Gasteiger partial charge in [-0.1, -0.05) is 0 Å². The molecule has 2 N–H and O–H groups in total. The number of aliphatic carboxylic acids is 1. The molecule has 0 saturated heterocycles. The number of amides is 1.